The molecule has 0 spiro atoms. The van der Waals surface area contributed by atoms with E-state index in [-0.39, 0.29) is 11.2 Å². The molecule has 1 heterocycles. The number of nitrogens with zero attached hydrogens (tertiary/aromatic N) is 2. The Morgan fingerprint density at radius 3 is 2.05 bits per heavy atom. The van der Waals surface area contributed by atoms with Gasteiger partial charge in [0.05, 0.1) is 5.25 Å². The Hall–Kier alpha value is -1.40. The van der Waals surface area contributed by atoms with E-state index in [0.717, 1.165) is 24.0 Å². The van der Waals surface area contributed by atoms with E-state index in [1.165, 1.54) is 0 Å². The van der Waals surface area contributed by atoms with Crippen molar-refractivity contribution in [3.63, 3.8) is 0 Å². The Morgan fingerprint density at radius 1 is 1.00 bits per heavy atom. The molecule has 1 aromatic rings. The number of piperazine rings is 1. The molecular weight excluding hydrogens is 300 g/mol. The molecule has 0 radical (unpaired) electrons. The van der Waals surface area contributed by atoms with Gasteiger partial charge in [0.25, 0.3) is 5.91 Å². The number of hydrogen-bond acceptors (Lipinski definition) is 3. The maximum atomic E-state index is 12.6. The van der Waals surface area contributed by atoms with Crippen LogP contribution in [0.5, 0.6) is 0 Å². The maximum Gasteiger partial charge on any atom is 0.253 e. The lowest BCUT2D eigenvalue weighted by Gasteiger charge is -2.34. The Morgan fingerprint density at radius 2 is 1.55 bits per heavy atom. The van der Waals surface area contributed by atoms with Crippen molar-refractivity contribution in [1.29, 1.82) is 0 Å². The average molecular weight is 322 g/mol. The molecule has 3 rings (SSSR count). The Bertz CT molecular complexity index is 667. The van der Waals surface area contributed by atoms with Gasteiger partial charge in [-0.05, 0) is 38.8 Å². The fourth-order valence-corrected chi connectivity index (χ4v) is 4.83. The lowest BCUT2D eigenvalue weighted by Crippen LogP contribution is -2.51. The summed E-state index contributed by atoms with van der Waals surface area (Å²) in [5.41, 5.74) is 2.83. The summed E-state index contributed by atoms with van der Waals surface area (Å²) >= 11 is 0. The monoisotopic (exact) mass is 322 g/mol. The smallest absolute Gasteiger partial charge is 0.253 e. The fourth-order valence-electron chi connectivity index (χ4n) is 3.00. The van der Waals surface area contributed by atoms with Gasteiger partial charge in [-0.2, -0.15) is 4.31 Å². The summed E-state index contributed by atoms with van der Waals surface area (Å²) < 4.78 is 26.0. The number of carbonyl (C=O) groups excluding carboxylic acids is 1. The predicted octanol–water partition coefficient (Wildman–Crippen LogP) is 1.55. The maximum absolute atomic E-state index is 12.6. The second-order valence-corrected chi connectivity index (χ2v) is 8.52. The van der Waals surface area contributed by atoms with Gasteiger partial charge >= 0.3 is 0 Å². The largest absolute Gasteiger partial charge is 0.336 e. The van der Waals surface area contributed by atoms with Crippen molar-refractivity contribution in [1.82, 2.24) is 9.21 Å². The highest BCUT2D eigenvalue weighted by Crippen LogP contribution is 2.31. The van der Waals surface area contributed by atoms with Gasteiger partial charge in [-0.1, -0.05) is 17.2 Å². The van der Waals surface area contributed by atoms with Crippen LogP contribution in [-0.4, -0.2) is 55.0 Å². The quantitative estimate of drug-likeness (QED) is 0.848. The van der Waals surface area contributed by atoms with E-state index < -0.39 is 10.0 Å². The second-order valence-electron chi connectivity index (χ2n) is 6.31. The van der Waals surface area contributed by atoms with Gasteiger partial charge in [0.1, 0.15) is 0 Å². The van der Waals surface area contributed by atoms with Crippen molar-refractivity contribution in [2.75, 3.05) is 26.2 Å². The van der Waals surface area contributed by atoms with Crippen molar-refractivity contribution >= 4 is 15.9 Å². The first-order valence-corrected chi connectivity index (χ1v) is 9.25. The van der Waals surface area contributed by atoms with Crippen LogP contribution in [-0.2, 0) is 10.0 Å². The molecule has 1 aliphatic carbocycles. The number of benzene rings is 1. The number of hydrogen-bond donors (Lipinski definition) is 0. The summed E-state index contributed by atoms with van der Waals surface area (Å²) in [7, 11) is -3.12. The molecule has 120 valence electrons. The molecule has 1 amide bonds. The lowest BCUT2D eigenvalue weighted by molar-refractivity contribution is 0.0697. The Labute approximate surface area is 132 Å². The molecule has 5 nitrogen and oxygen atoms in total. The lowest BCUT2D eigenvalue weighted by atomic mass is 10.1. The number of aryl methyl sites for hydroxylation is 2. The number of rotatable bonds is 3. The first kappa shape index (κ1) is 15.5. The molecule has 0 bridgehead atoms. The van der Waals surface area contributed by atoms with E-state index in [0.29, 0.717) is 31.7 Å². The molecule has 1 saturated carbocycles. The van der Waals surface area contributed by atoms with Crippen molar-refractivity contribution < 1.29 is 13.2 Å². The minimum absolute atomic E-state index is 0.00438. The molecule has 2 fully saturated rings. The van der Waals surface area contributed by atoms with Crippen molar-refractivity contribution in [2.45, 2.75) is 31.9 Å². The molecule has 1 aromatic carbocycles. The van der Waals surface area contributed by atoms with Gasteiger partial charge in [0.2, 0.25) is 10.0 Å². The van der Waals surface area contributed by atoms with Crippen LogP contribution in [0.1, 0.15) is 34.3 Å². The SMILES string of the molecule is Cc1cc(C)cc(C(=O)N2CCN(S(=O)(=O)C3CC3)CC2)c1. The third kappa shape index (κ3) is 3.03. The molecule has 1 aliphatic heterocycles. The molecular formula is C16H22N2O3S. The first-order chi connectivity index (χ1) is 10.4. The number of sulfonamides is 1. The minimum Gasteiger partial charge on any atom is -0.336 e. The van der Waals surface area contributed by atoms with Gasteiger partial charge in [-0.3, -0.25) is 4.79 Å². The third-order valence-electron chi connectivity index (χ3n) is 4.30. The summed E-state index contributed by atoms with van der Waals surface area (Å²) in [4.78, 5) is 14.3. The normalized spacial score (nSPS) is 20.2. The second kappa shape index (κ2) is 5.66. The zero-order chi connectivity index (χ0) is 15.9. The number of amides is 1. The summed E-state index contributed by atoms with van der Waals surface area (Å²) in [5, 5.41) is -0.172. The van der Waals surface area contributed by atoms with Crippen LogP contribution >= 0.6 is 0 Å². The average Bonchev–Trinajstić information content (AvgIpc) is 3.30. The van der Waals surface area contributed by atoms with E-state index in [1.54, 1.807) is 9.21 Å². The van der Waals surface area contributed by atoms with E-state index in [2.05, 4.69) is 0 Å². The summed E-state index contributed by atoms with van der Waals surface area (Å²) in [6.45, 7) is 5.72. The molecule has 2 aliphatic rings. The molecule has 0 aromatic heterocycles. The van der Waals surface area contributed by atoms with Crippen LogP contribution in [0.4, 0.5) is 0 Å². The summed E-state index contributed by atoms with van der Waals surface area (Å²) in [5.74, 6) is -0.00438. The van der Waals surface area contributed by atoms with Gasteiger partial charge < -0.3 is 4.90 Å². The Balaban J connectivity index is 1.67. The zero-order valence-corrected chi connectivity index (χ0v) is 13.9. The van der Waals surface area contributed by atoms with Crippen LogP contribution in [0, 0.1) is 13.8 Å². The predicted molar refractivity (Wildman–Crippen MR) is 85.3 cm³/mol. The third-order valence-corrected chi connectivity index (χ3v) is 6.70. The molecule has 1 saturated heterocycles. The minimum atomic E-state index is -3.12. The van der Waals surface area contributed by atoms with Crippen LogP contribution < -0.4 is 0 Å². The molecule has 22 heavy (non-hydrogen) atoms. The first-order valence-electron chi connectivity index (χ1n) is 7.74. The van der Waals surface area contributed by atoms with Crippen molar-refractivity contribution in [3.05, 3.63) is 34.9 Å². The van der Waals surface area contributed by atoms with Crippen LogP contribution in [0.25, 0.3) is 0 Å². The summed E-state index contributed by atoms with van der Waals surface area (Å²) in [6, 6.07) is 5.82. The van der Waals surface area contributed by atoms with E-state index >= 15 is 0 Å². The molecule has 6 heteroatoms. The van der Waals surface area contributed by atoms with Crippen molar-refractivity contribution in [2.24, 2.45) is 0 Å². The van der Waals surface area contributed by atoms with E-state index in [9.17, 15) is 13.2 Å². The molecule has 0 atom stereocenters. The van der Waals surface area contributed by atoms with E-state index in [1.807, 2.05) is 32.0 Å². The molecule has 0 N–H and O–H groups in total. The van der Waals surface area contributed by atoms with Crippen LogP contribution in [0.15, 0.2) is 18.2 Å². The van der Waals surface area contributed by atoms with Gasteiger partial charge in [0.15, 0.2) is 0 Å². The summed E-state index contributed by atoms with van der Waals surface area (Å²) in [6.07, 6.45) is 1.56. The van der Waals surface area contributed by atoms with Gasteiger partial charge in [0, 0.05) is 31.7 Å². The topological polar surface area (TPSA) is 57.7 Å². The van der Waals surface area contributed by atoms with Crippen LogP contribution in [0.2, 0.25) is 0 Å². The van der Waals surface area contributed by atoms with E-state index in [4.69, 9.17) is 0 Å². The highest BCUT2D eigenvalue weighted by atomic mass is 32.2. The van der Waals surface area contributed by atoms with Crippen molar-refractivity contribution in [3.8, 4) is 0 Å². The fraction of sp³-hybridized carbons (Fsp3) is 0.562. The zero-order valence-electron chi connectivity index (χ0n) is 13.1. The number of carbonyl (C=O) groups is 1. The van der Waals surface area contributed by atoms with Gasteiger partial charge in [-0.25, -0.2) is 8.42 Å². The van der Waals surface area contributed by atoms with Crippen LogP contribution in [0.3, 0.4) is 0 Å². The standard InChI is InChI=1S/C16H22N2O3S/c1-12-9-13(2)11-14(10-12)16(19)17-5-7-18(8-6-17)22(20,21)15-3-4-15/h9-11,15H,3-8H2,1-2H3. The Kier molecular flexibility index (Phi) is 3.99. The highest BCUT2D eigenvalue weighted by Gasteiger charge is 2.41. The highest BCUT2D eigenvalue weighted by molar-refractivity contribution is 7.90. The molecule has 0 unspecified atom stereocenters. The van der Waals surface area contributed by atoms with Gasteiger partial charge in [-0.15, -0.1) is 0 Å².